The van der Waals surface area contributed by atoms with Crippen LogP contribution in [0.3, 0.4) is 0 Å². The molecular weight excluding hydrogens is 208 g/mol. The van der Waals surface area contributed by atoms with Crippen LogP contribution in [0.4, 0.5) is 10.5 Å². The predicted octanol–water partition coefficient (Wildman–Crippen LogP) is 0.655. The zero-order chi connectivity index (χ0) is 12.1. The first kappa shape index (κ1) is 12.5. The Kier molecular flexibility index (Phi) is 4.30. The second kappa shape index (κ2) is 5.50. The number of carbonyl (C=O) groups is 1. The molecule has 1 aromatic rings. The van der Waals surface area contributed by atoms with Gasteiger partial charge in [0.05, 0.1) is 18.5 Å². The summed E-state index contributed by atoms with van der Waals surface area (Å²) in [6.07, 6.45) is 3.30. The van der Waals surface area contributed by atoms with Gasteiger partial charge in [-0.15, -0.1) is 0 Å². The normalized spacial score (nSPS) is 10.6. The number of aliphatic hydroxyl groups is 1. The average molecular weight is 226 g/mol. The molecule has 0 unspecified atom stereocenters. The van der Waals surface area contributed by atoms with E-state index in [9.17, 15) is 4.79 Å². The maximum Gasteiger partial charge on any atom is 0.322 e. The summed E-state index contributed by atoms with van der Waals surface area (Å²) in [5.41, 5.74) is 0.649. The van der Waals surface area contributed by atoms with Crippen molar-refractivity contribution in [1.82, 2.24) is 14.7 Å². The highest BCUT2D eigenvalue weighted by atomic mass is 16.3. The zero-order valence-corrected chi connectivity index (χ0v) is 9.84. The Labute approximate surface area is 94.9 Å². The molecule has 2 amide bonds. The van der Waals surface area contributed by atoms with Crippen molar-refractivity contribution in [3.8, 4) is 0 Å². The third-order valence-electron chi connectivity index (χ3n) is 2.18. The molecule has 1 heterocycles. The molecular formula is C10H18N4O2. The molecule has 0 spiro atoms. The Morgan fingerprint density at radius 3 is 2.81 bits per heavy atom. The summed E-state index contributed by atoms with van der Waals surface area (Å²) in [6, 6.07) is -0.180. The third-order valence-corrected chi connectivity index (χ3v) is 2.18. The molecule has 1 rings (SSSR count). The molecule has 6 heteroatoms. The van der Waals surface area contributed by atoms with Crippen molar-refractivity contribution >= 4 is 11.7 Å². The molecule has 0 aliphatic rings. The number of urea groups is 1. The maximum atomic E-state index is 11.8. The van der Waals surface area contributed by atoms with Crippen LogP contribution in [0.15, 0.2) is 12.4 Å². The minimum Gasteiger partial charge on any atom is -0.395 e. The van der Waals surface area contributed by atoms with Gasteiger partial charge < -0.3 is 15.3 Å². The first-order valence-electron chi connectivity index (χ1n) is 5.21. The summed E-state index contributed by atoms with van der Waals surface area (Å²) in [5.74, 6) is 0. The minimum absolute atomic E-state index is 0.0430. The van der Waals surface area contributed by atoms with Crippen molar-refractivity contribution in [3.63, 3.8) is 0 Å². The van der Waals surface area contributed by atoms with Crippen LogP contribution < -0.4 is 5.32 Å². The first-order valence-corrected chi connectivity index (χ1v) is 5.21. The summed E-state index contributed by atoms with van der Waals surface area (Å²) in [4.78, 5) is 13.4. The molecule has 16 heavy (non-hydrogen) atoms. The van der Waals surface area contributed by atoms with E-state index in [0.29, 0.717) is 12.2 Å². The van der Waals surface area contributed by atoms with Crippen LogP contribution in [-0.2, 0) is 7.05 Å². The SMILES string of the molecule is CC(C)N(CCO)C(=O)Nc1cnn(C)c1. The number of aromatic nitrogens is 2. The first-order chi connectivity index (χ1) is 7.54. The number of hydrogen-bond donors (Lipinski definition) is 2. The summed E-state index contributed by atoms with van der Waals surface area (Å²) in [5, 5.41) is 15.5. The van der Waals surface area contributed by atoms with Crippen LogP contribution >= 0.6 is 0 Å². The van der Waals surface area contributed by atoms with Crippen LogP contribution in [0.2, 0.25) is 0 Å². The molecule has 6 nitrogen and oxygen atoms in total. The van der Waals surface area contributed by atoms with E-state index >= 15 is 0 Å². The smallest absolute Gasteiger partial charge is 0.322 e. The molecule has 0 aromatic carbocycles. The fourth-order valence-corrected chi connectivity index (χ4v) is 1.38. The quantitative estimate of drug-likeness (QED) is 0.792. The van der Waals surface area contributed by atoms with Gasteiger partial charge in [-0.1, -0.05) is 0 Å². The Hall–Kier alpha value is -1.56. The van der Waals surface area contributed by atoms with Gasteiger partial charge in [0.15, 0.2) is 0 Å². The van der Waals surface area contributed by atoms with Crippen LogP contribution in [0.25, 0.3) is 0 Å². The third kappa shape index (κ3) is 3.23. The number of nitrogens with one attached hydrogen (secondary N) is 1. The number of nitrogens with zero attached hydrogens (tertiary/aromatic N) is 3. The zero-order valence-electron chi connectivity index (χ0n) is 9.84. The number of aliphatic hydroxyl groups excluding tert-OH is 1. The Bertz CT molecular complexity index is 348. The molecule has 0 atom stereocenters. The van der Waals surface area contributed by atoms with Crippen LogP contribution in [-0.4, -0.2) is 45.0 Å². The largest absolute Gasteiger partial charge is 0.395 e. The van der Waals surface area contributed by atoms with E-state index in [1.165, 1.54) is 0 Å². The van der Waals surface area contributed by atoms with E-state index in [1.807, 2.05) is 13.8 Å². The van der Waals surface area contributed by atoms with Gasteiger partial charge >= 0.3 is 6.03 Å². The summed E-state index contributed by atoms with van der Waals surface area (Å²) >= 11 is 0. The molecule has 0 fully saturated rings. The lowest BCUT2D eigenvalue weighted by Gasteiger charge is -2.25. The lowest BCUT2D eigenvalue weighted by atomic mass is 10.3. The Morgan fingerprint density at radius 2 is 2.38 bits per heavy atom. The Balaban J connectivity index is 2.61. The number of anilines is 1. The molecule has 0 saturated carbocycles. The molecule has 0 aliphatic carbocycles. The summed E-state index contributed by atoms with van der Waals surface area (Å²) < 4.78 is 1.61. The standard InChI is InChI=1S/C10H18N4O2/c1-8(2)14(4-5-15)10(16)12-9-6-11-13(3)7-9/h6-8,15H,4-5H2,1-3H3,(H,12,16). The van der Waals surface area contributed by atoms with Crippen molar-refractivity contribution in [1.29, 1.82) is 0 Å². The van der Waals surface area contributed by atoms with Gasteiger partial charge in [-0.05, 0) is 13.8 Å². The Morgan fingerprint density at radius 1 is 1.69 bits per heavy atom. The highest BCUT2D eigenvalue weighted by Crippen LogP contribution is 2.07. The van der Waals surface area contributed by atoms with Crippen molar-refractivity contribution < 1.29 is 9.90 Å². The number of hydrogen-bond acceptors (Lipinski definition) is 3. The fourth-order valence-electron chi connectivity index (χ4n) is 1.38. The van der Waals surface area contributed by atoms with Gasteiger partial charge in [0.1, 0.15) is 0 Å². The van der Waals surface area contributed by atoms with E-state index in [-0.39, 0.29) is 18.7 Å². The molecule has 0 aliphatic heterocycles. The van der Waals surface area contributed by atoms with Gasteiger partial charge in [0, 0.05) is 25.8 Å². The van der Waals surface area contributed by atoms with Crippen LogP contribution in [0, 0.1) is 0 Å². The number of aryl methyl sites for hydroxylation is 1. The molecule has 0 saturated heterocycles. The van der Waals surface area contributed by atoms with Crippen LogP contribution in [0.1, 0.15) is 13.8 Å². The number of amides is 2. The van der Waals surface area contributed by atoms with Gasteiger partial charge in [-0.3, -0.25) is 4.68 Å². The fraction of sp³-hybridized carbons (Fsp3) is 0.600. The topological polar surface area (TPSA) is 70.4 Å². The monoisotopic (exact) mass is 226 g/mol. The number of rotatable bonds is 4. The summed E-state index contributed by atoms with van der Waals surface area (Å²) in [7, 11) is 1.78. The van der Waals surface area contributed by atoms with Gasteiger partial charge in [-0.2, -0.15) is 5.10 Å². The highest BCUT2D eigenvalue weighted by molar-refractivity contribution is 5.89. The second-order valence-electron chi connectivity index (χ2n) is 3.84. The minimum atomic E-state index is -0.225. The maximum absolute atomic E-state index is 11.8. The van der Waals surface area contributed by atoms with Crippen molar-refractivity contribution in [3.05, 3.63) is 12.4 Å². The predicted molar refractivity (Wildman–Crippen MR) is 61.2 cm³/mol. The van der Waals surface area contributed by atoms with Crippen LogP contribution in [0.5, 0.6) is 0 Å². The average Bonchev–Trinajstić information content (AvgIpc) is 2.59. The van der Waals surface area contributed by atoms with Gasteiger partial charge in [0.2, 0.25) is 0 Å². The van der Waals surface area contributed by atoms with E-state index in [2.05, 4.69) is 10.4 Å². The van der Waals surface area contributed by atoms with Gasteiger partial charge in [-0.25, -0.2) is 4.79 Å². The molecule has 2 N–H and O–H groups in total. The molecule has 0 radical (unpaired) electrons. The lowest BCUT2D eigenvalue weighted by molar-refractivity contribution is 0.172. The lowest BCUT2D eigenvalue weighted by Crippen LogP contribution is -2.41. The molecule has 1 aromatic heterocycles. The van der Waals surface area contributed by atoms with E-state index < -0.39 is 0 Å². The molecule has 0 bridgehead atoms. The number of carbonyl (C=O) groups excluding carboxylic acids is 1. The van der Waals surface area contributed by atoms with Crippen molar-refractivity contribution in [2.24, 2.45) is 7.05 Å². The molecule has 90 valence electrons. The second-order valence-corrected chi connectivity index (χ2v) is 3.84. The summed E-state index contributed by atoms with van der Waals surface area (Å²) in [6.45, 7) is 4.08. The van der Waals surface area contributed by atoms with Crippen molar-refractivity contribution in [2.75, 3.05) is 18.5 Å². The van der Waals surface area contributed by atoms with E-state index in [1.54, 1.807) is 29.0 Å². The van der Waals surface area contributed by atoms with E-state index in [0.717, 1.165) is 0 Å². The van der Waals surface area contributed by atoms with Gasteiger partial charge in [0.25, 0.3) is 0 Å². The highest BCUT2D eigenvalue weighted by Gasteiger charge is 2.16. The van der Waals surface area contributed by atoms with E-state index in [4.69, 9.17) is 5.11 Å². The van der Waals surface area contributed by atoms with Crippen molar-refractivity contribution in [2.45, 2.75) is 19.9 Å².